The maximum Gasteiger partial charge on any atom is 0.138 e. The average molecular weight is 222 g/mol. The van der Waals surface area contributed by atoms with Crippen LogP contribution in [0, 0.1) is 0 Å². The molecule has 1 heterocycles. The fourth-order valence-corrected chi connectivity index (χ4v) is 2.00. The maximum atomic E-state index is 4.61. The minimum absolute atomic E-state index is 0.956. The monoisotopic (exact) mass is 222 g/mol. The topological polar surface area (TPSA) is 28.7 Å². The van der Waals surface area contributed by atoms with Crippen molar-refractivity contribution in [1.82, 2.24) is 9.97 Å². The van der Waals surface area contributed by atoms with Crippen molar-refractivity contribution < 1.29 is 0 Å². The van der Waals surface area contributed by atoms with Gasteiger partial charge in [-0.05, 0) is 25.0 Å². The van der Waals surface area contributed by atoms with E-state index in [1.807, 2.05) is 18.2 Å². The zero-order valence-corrected chi connectivity index (χ0v) is 9.56. The molecule has 0 saturated carbocycles. The number of nitrogens with one attached hydrogen (secondary N) is 1. The summed E-state index contributed by atoms with van der Waals surface area (Å²) >= 11 is 0. The molecule has 0 aliphatic heterocycles. The lowest BCUT2D eigenvalue weighted by molar-refractivity contribution is 1.05. The summed E-state index contributed by atoms with van der Waals surface area (Å²) < 4.78 is 0. The van der Waals surface area contributed by atoms with Crippen LogP contribution in [0.3, 0.4) is 0 Å². The largest absolute Gasteiger partial charge is 0.338 e. The molecule has 2 nitrogen and oxygen atoms in total. The lowest BCUT2D eigenvalue weighted by Gasteiger charge is -1.99. The van der Waals surface area contributed by atoms with Gasteiger partial charge in [-0.15, -0.1) is 0 Å². The summed E-state index contributed by atoms with van der Waals surface area (Å²) in [6.07, 6.45) is 12.8. The van der Waals surface area contributed by atoms with Gasteiger partial charge >= 0.3 is 0 Å². The van der Waals surface area contributed by atoms with Gasteiger partial charge in [-0.25, -0.2) is 4.98 Å². The molecule has 1 aromatic heterocycles. The molecular formula is C15H14N2. The summed E-state index contributed by atoms with van der Waals surface area (Å²) in [6, 6.07) is 8.12. The van der Waals surface area contributed by atoms with Gasteiger partial charge in [0.05, 0.1) is 11.0 Å². The second-order valence-corrected chi connectivity index (χ2v) is 4.13. The third-order valence-electron chi connectivity index (χ3n) is 2.88. The van der Waals surface area contributed by atoms with E-state index in [-0.39, 0.29) is 0 Å². The molecule has 0 spiro atoms. The highest BCUT2D eigenvalue weighted by molar-refractivity contribution is 5.81. The number of H-pyrrole nitrogens is 1. The number of nitrogens with zero attached hydrogens (tertiary/aromatic N) is 1. The third kappa shape index (κ3) is 2.07. The van der Waals surface area contributed by atoms with Crippen molar-refractivity contribution in [3.8, 4) is 0 Å². The molecule has 0 atom stereocenters. The summed E-state index contributed by atoms with van der Waals surface area (Å²) in [6.45, 7) is 0. The van der Waals surface area contributed by atoms with Crippen LogP contribution in [-0.2, 0) is 0 Å². The van der Waals surface area contributed by atoms with Crippen LogP contribution in [0.15, 0.2) is 54.6 Å². The SMILES string of the molecule is C1=CCCC=C(c2nc3ccccc3[nH]2)C=C1. The van der Waals surface area contributed by atoms with E-state index in [1.165, 1.54) is 5.57 Å². The standard InChI is InChI=1S/C15H14N2/c1-2-4-8-12(9-5-3-1)15-16-13-10-6-7-11-14(13)17-15/h1-2,4,6-11H,3,5H2,(H,16,17). The molecule has 0 fully saturated rings. The van der Waals surface area contributed by atoms with E-state index in [0.29, 0.717) is 0 Å². The van der Waals surface area contributed by atoms with Crippen molar-refractivity contribution in [2.75, 3.05) is 0 Å². The molecule has 84 valence electrons. The molecule has 0 amide bonds. The Morgan fingerprint density at radius 2 is 2.00 bits per heavy atom. The van der Waals surface area contributed by atoms with Gasteiger partial charge in [0.1, 0.15) is 5.82 Å². The Morgan fingerprint density at radius 1 is 1.06 bits per heavy atom. The second-order valence-electron chi connectivity index (χ2n) is 4.13. The van der Waals surface area contributed by atoms with E-state index in [0.717, 1.165) is 29.7 Å². The van der Waals surface area contributed by atoms with Gasteiger partial charge in [-0.2, -0.15) is 0 Å². The van der Waals surface area contributed by atoms with E-state index in [9.17, 15) is 0 Å². The second kappa shape index (κ2) is 4.42. The van der Waals surface area contributed by atoms with E-state index in [2.05, 4.69) is 46.4 Å². The number of fused-ring (bicyclic) bond motifs is 1. The number of hydrogen-bond acceptors (Lipinski definition) is 1. The number of para-hydroxylation sites is 2. The fourth-order valence-electron chi connectivity index (χ4n) is 2.00. The summed E-state index contributed by atoms with van der Waals surface area (Å²) in [4.78, 5) is 7.97. The Bertz CT molecular complexity index is 582. The normalized spacial score (nSPS) is 15.6. The van der Waals surface area contributed by atoms with Crippen LogP contribution < -0.4 is 0 Å². The van der Waals surface area contributed by atoms with Crippen molar-refractivity contribution in [3.63, 3.8) is 0 Å². The van der Waals surface area contributed by atoms with Gasteiger partial charge in [0.25, 0.3) is 0 Å². The number of imidazole rings is 1. The molecule has 2 aromatic rings. The van der Waals surface area contributed by atoms with Crippen LogP contribution in [0.5, 0.6) is 0 Å². The summed E-state index contributed by atoms with van der Waals surface area (Å²) in [7, 11) is 0. The molecule has 0 radical (unpaired) electrons. The van der Waals surface area contributed by atoms with Crippen LogP contribution in [0.25, 0.3) is 16.6 Å². The highest BCUT2D eigenvalue weighted by atomic mass is 14.9. The zero-order chi connectivity index (χ0) is 11.5. The number of benzene rings is 1. The van der Waals surface area contributed by atoms with Gasteiger partial charge in [0, 0.05) is 5.57 Å². The van der Waals surface area contributed by atoms with E-state index in [1.54, 1.807) is 0 Å². The molecular weight excluding hydrogens is 208 g/mol. The quantitative estimate of drug-likeness (QED) is 0.780. The third-order valence-corrected chi connectivity index (χ3v) is 2.88. The van der Waals surface area contributed by atoms with Crippen molar-refractivity contribution in [1.29, 1.82) is 0 Å². The van der Waals surface area contributed by atoms with Crippen molar-refractivity contribution in [2.45, 2.75) is 12.8 Å². The molecule has 0 bridgehead atoms. The Kier molecular flexibility index (Phi) is 2.62. The number of hydrogen-bond donors (Lipinski definition) is 1. The molecule has 1 aromatic carbocycles. The first-order valence-electron chi connectivity index (χ1n) is 5.92. The summed E-state index contributed by atoms with van der Waals surface area (Å²) in [5.41, 5.74) is 3.29. The first-order chi connectivity index (χ1) is 8.43. The molecule has 1 aliphatic rings. The minimum atomic E-state index is 0.956. The predicted molar refractivity (Wildman–Crippen MR) is 71.6 cm³/mol. The van der Waals surface area contributed by atoms with Gasteiger partial charge in [0.2, 0.25) is 0 Å². The number of allylic oxidation sites excluding steroid dienone is 6. The van der Waals surface area contributed by atoms with Gasteiger partial charge in [0.15, 0.2) is 0 Å². The summed E-state index contributed by atoms with van der Waals surface area (Å²) in [5, 5.41) is 0. The molecule has 17 heavy (non-hydrogen) atoms. The van der Waals surface area contributed by atoms with Crippen molar-refractivity contribution >= 4 is 16.6 Å². The lowest BCUT2D eigenvalue weighted by atomic mass is 10.1. The first-order valence-corrected chi connectivity index (χ1v) is 5.92. The van der Waals surface area contributed by atoms with Crippen LogP contribution >= 0.6 is 0 Å². The van der Waals surface area contributed by atoms with Crippen LogP contribution in [0.4, 0.5) is 0 Å². The number of rotatable bonds is 1. The van der Waals surface area contributed by atoms with Crippen LogP contribution in [-0.4, -0.2) is 9.97 Å². The molecule has 2 heteroatoms. The molecule has 1 N–H and O–H groups in total. The highest BCUT2D eigenvalue weighted by Gasteiger charge is 2.05. The van der Waals surface area contributed by atoms with E-state index in [4.69, 9.17) is 0 Å². The van der Waals surface area contributed by atoms with E-state index >= 15 is 0 Å². The van der Waals surface area contributed by atoms with Crippen LogP contribution in [0.1, 0.15) is 18.7 Å². The smallest absolute Gasteiger partial charge is 0.138 e. The Balaban J connectivity index is 2.05. The van der Waals surface area contributed by atoms with Gasteiger partial charge in [-0.3, -0.25) is 0 Å². The van der Waals surface area contributed by atoms with E-state index < -0.39 is 0 Å². The van der Waals surface area contributed by atoms with Crippen molar-refractivity contribution in [2.24, 2.45) is 0 Å². The minimum Gasteiger partial charge on any atom is -0.338 e. The molecule has 0 saturated heterocycles. The molecule has 0 unspecified atom stereocenters. The highest BCUT2D eigenvalue weighted by Crippen LogP contribution is 2.19. The lowest BCUT2D eigenvalue weighted by Crippen LogP contribution is -1.85. The Hall–Kier alpha value is -2.09. The van der Waals surface area contributed by atoms with Crippen LogP contribution in [0.2, 0.25) is 0 Å². The predicted octanol–water partition coefficient (Wildman–Crippen LogP) is 3.85. The zero-order valence-electron chi connectivity index (χ0n) is 9.56. The van der Waals surface area contributed by atoms with Gasteiger partial charge < -0.3 is 4.98 Å². The maximum absolute atomic E-state index is 4.61. The fraction of sp³-hybridized carbons (Fsp3) is 0.133. The Labute approximate surface area is 100 Å². The summed E-state index contributed by atoms with van der Waals surface area (Å²) in [5.74, 6) is 0.956. The Morgan fingerprint density at radius 3 is 2.94 bits per heavy atom. The number of aromatic nitrogens is 2. The molecule has 1 aliphatic carbocycles. The average Bonchev–Trinajstić information content (AvgIpc) is 2.71. The van der Waals surface area contributed by atoms with Gasteiger partial charge in [-0.1, -0.05) is 42.5 Å². The number of aromatic amines is 1. The van der Waals surface area contributed by atoms with Crippen molar-refractivity contribution in [3.05, 3.63) is 60.5 Å². The first kappa shape index (κ1) is 10.1. The molecule has 3 rings (SSSR count).